The number of aromatic nitrogens is 3. The van der Waals surface area contributed by atoms with Gasteiger partial charge in [-0.05, 0) is 80.1 Å². The van der Waals surface area contributed by atoms with E-state index in [0.717, 1.165) is 28.1 Å². The second kappa shape index (κ2) is 12.2. The highest BCUT2D eigenvalue weighted by molar-refractivity contribution is 7.99. The van der Waals surface area contributed by atoms with Crippen molar-refractivity contribution in [2.45, 2.75) is 25.9 Å². The molecule has 0 atom stereocenters. The molecule has 1 N–H and O–H groups in total. The van der Waals surface area contributed by atoms with Crippen LogP contribution in [-0.2, 0) is 9.59 Å². The number of aryl methyl sites for hydroxylation is 1. The van der Waals surface area contributed by atoms with Crippen LogP contribution in [0.4, 0.5) is 0 Å². The Bertz CT molecular complexity index is 1450. The molecule has 0 unspecified atom stereocenters. The van der Waals surface area contributed by atoms with Gasteiger partial charge in [-0.3, -0.25) is 14.2 Å². The molecule has 9 nitrogen and oxygen atoms in total. The van der Waals surface area contributed by atoms with Crippen LogP contribution in [0.3, 0.4) is 0 Å². The minimum absolute atomic E-state index is 0.0920. The Morgan fingerprint density at radius 2 is 1.58 bits per heavy atom. The second-order valence-corrected chi connectivity index (χ2v) is 9.29. The number of carbonyl (C=O) groups is 2. The second-order valence-electron chi connectivity index (χ2n) is 8.34. The van der Waals surface area contributed by atoms with Crippen molar-refractivity contribution in [2.75, 3.05) is 12.9 Å². The first-order valence-corrected chi connectivity index (χ1v) is 12.7. The van der Waals surface area contributed by atoms with Crippen LogP contribution in [0.5, 0.6) is 11.5 Å². The van der Waals surface area contributed by atoms with Gasteiger partial charge in [0.25, 0.3) is 5.91 Å². The average molecular weight is 530 g/mol. The Morgan fingerprint density at radius 1 is 0.921 bits per heavy atom. The molecule has 0 radical (unpaired) electrons. The standard InChI is InChI=1S/C28H27N5O4S/c1-18-5-11-23(12-6-18)33-27(22-9-13-24(36-4)14-10-22)31-32-28(33)38-17-26(35)30-29-19(2)21-7-15-25(16-8-21)37-20(3)34/h5-16H,17H2,1-4H3,(H,30,35)/b29-19-. The van der Waals surface area contributed by atoms with Gasteiger partial charge in [-0.1, -0.05) is 29.5 Å². The number of amides is 1. The van der Waals surface area contributed by atoms with Crippen molar-refractivity contribution in [3.05, 3.63) is 83.9 Å². The van der Waals surface area contributed by atoms with E-state index in [1.807, 2.05) is 60.0 Å². The molecule has 4 rings (SSSR count). The van der Waals surface area contributed by atoms with Crippen molar-refractivity contribution in [2.24, 2.45) is 5.10 Å². The predicted octanol–water partition coefficient (Wildman–Crippen LogP) is 4.81. The number of benzene rings is 3. The molecule has 38 heavy (non-hydrogen) atoms. The summed E-state index contributed by atoms with van der Waals surface area (Å²) in [7, 11) is 1.62. The first kappa shape index (κ1) is 26.6. The topological polar surface area (TPSA) is 108 Å². The lowest BCUT2D eigenvalue weighted by Gasteiger charge is -2.11. The fourth-order valence-corrected chi connectivity index (χ4v) is 4.26. The number of ether oxygens (including phenoxy) is 2. The maximum absolute atomic E-state index is 12.6. The van der Waals surface area contributed by atoms with Gasteiger partial charge in [0.15, 0.2) is 11.0 Å². The lowest BCUT2D eigenvalue weighted by Crippen LogP contribution is -2.21. The number of nitrogens with one attached hydrogen (secondary N) is 1. The molecule has 1 amide bonds. The van der Waals surface area contributed by atoms with E-state index in [0.29, 0.717) is 22.4 Å². The van der Waals surface area contributed by atoms with Gasteiger partial charge in [0.2, 0.25) is 0 Å². The van der Waals surface area contributed by atoms with Gasteiger partial charge in [-0.25, -0.2) is 5.43 Å². The normalized spacial score (nSPS) is 11.2. The van der Waals surface area contributed by atoms with Gasteiger partial charge < -0.3 is 9.47 Å². The van der Waals surface area contributed by atoms with Crippen LogP contribution in [0.25, 0.3) is 17.1 Å². The zero-order chi connectivity index (χ0) is 27.1. The zero-order valence-corrected chi connectivity index (χ0v) is 22.3. The molecule has 3 aromatic carbocycles. The first-order chi connectivity index (χ1) is 18.3. The summed E-state index contributed by atoms with van der Waals surface area (Å²) in [6.45, 7) is 5.15. The smallest absolute Gasteiger partial charge is 0.308 e. The summed E-state index contributed by atoms with van der Waals surface area (Å²) in [4.78, 5) is 23.7. The van der Waals surface area contributed by atoms with Crippen molar-refractivity contribution in [3.63, 3.8) is 0 Å². The Hall–Kier alpha value is -4.44. The van der Waals surface area contributed by atoms with Crippen LogP contribution in [-0.4, -0.2) is 45.2 Å². The number of hydrogen-bond donors (Lipinski definition) is 1. The maximum atomic E-state index is 12.6. The molecule has 0 bridgehead atoms. The van der Waals surface area contributed by atoms with E-state index in [1.54, 1.807) is 38.3 Å². The van der Waals surface area contributed by atoms with E-state index in [4.69, 9.17) is 9.47 Å². The Balaban J connectivity index is 1.48. The van der Waals surface area contributed by atoms with E-state index >= 15 is 0 Å². The molecule has 0 aliphatic carbocycles. The van der Waals surface area contributed by atoms with Gasteiger partial charge in [0.1, 0.15) is 11.5 Å². The molecule has 0 saturated heterocycles. The fourth-order valence-electron chi connectivity index (χ4n) is 3.52. The third-order valence-electron chi connectivity index (χ3n) is 5.49. The molecule has 0 spiro atoms. The van der Waals surface area contributed by atoms with Crippen molar-refractivity contribution in [3.8, 4) is 28.6 Å². The van der Waals surface area contributed by atoms with Crippen LogP contribution in [0, 0.1) is 6.92 Å². The maximum Gasteiger partial charge on any atom is 0.308 e. The number of esters is 1. The van der Waals surface area contributed by atoms with Gasteiger partial charge >= 0.3 is 5.97 Å². The van der Waals surface area contributed by atoms with E-state index in [2.05, 4.69) is 20.7 Å². The lowest BCUT2D eigenvalue weighted by atomic mass is 10.1. The number of nitrogens with zero attached hydrogens (tertiary/aromatic N) is 4. The number of hydrazone groups is 1. The van der Waals surface area contributed by atoms with Crippen molar-refractivity contribution >= 4 is 29.4 Å². The molecule has 0 aliphatic rings. The van der Waals surface area contributed by atoms with Gasteiger partial charge in [0, 0.05) is 18.2 Å². The molecule has 0 aliphatic heterocycles. The molecule has 10 heteroatoms. The average Bonchev–Trinajstić information content (AvgIpc) is 3.35. The fraction of sp³-hybridized carbons (Fsp3) is 0.179. The Morgan fingerprint density at radius 3 is 2.21 bits per heavy atom. The quantitative estimate of drug-likeness (QED) is 0.109. The van der Waals surface area contributed by atoms with E-state index < -0.39 is 0 Å². The van der Waals surface area contributed by atoms with Crippen LogP contribution >= 0.6 is 11.8 Å². The number of rotatable bonds is 9. The van der Waals surface area contributed by atoms with Crippen LogP contribution in [0.15, 0.2) is 83.1 Å². The SMILES string of the molecule is COc1ccc(-c2nnc(SCC(=O)N/N=C(/C)c3ccc(OC(C)=O)cc3)n2-c2ccc(C)cc2)cc1. The molecule has 0 fully saturated rings. The van der Waals surface area contributed by atoms with Gasteiger partial charge in [0.05, 0.1) is 18.6 Å². The summed E-state index contributed by atoms with van der Waals surface area (Å²) in [5.74, 6) is 1.27. The molecular formula is C28H27N5O4S. The summed E-state index contributed by atoms with van der Waals surface area (Å²) in [6, 6.07) is 22.5. The number of hydrogen-bond acceptors (Lipinski definition) is 8. The van der Waals surface area contributed by atoms with Crippen molar-refractivity contribution < 1.29 is 19.1 Å². The van der Waals surface area contributed by atoms with Crippen LogP contribution < -0.4 is 14.9 Å². The van der Waals surface area contributed by atoms with Crippen LogP contribution in [0.1, 0.15) is 25.0 Å². The highest BCUT2D eigenvalue weighted by Crippen LogP contribution is 2.29. The summed E-state index contributed by atoms with van der Waals surface area (Å²) < 4.78 is 12.2. The minimum Gasteiger partial charge on any atom is -0.497 e. The van der Waals surface area contributed by atoms with Crippen molar-refractivity contribution in [1.82, 2.24) is 20.2 Å². The Kier molecular flexibility index (Phi) is 8.55. The van der Waals surface area contributed by atoms with Crippen LogP contribution in [0.2, 0.25) is 0 Å². The number of thioether (sulfide) groups is 1. The molecule has 1 aromatic heterocycles. The molecule has 0 saturated carbocycles. The monoisotopic (exact) mass is 529 g/mol. The molecular weight excluding hydrogens is 502 g/mol. The summed E-state index contributed by atoms with van der Waals surface area (Å²) in [5.41, 5.74) is 6.88. The highest BCUT2D eigenvalue weighted by Gasteiger charge is 2.17. The van der Waals surface area contributed by atoms with Gasteiger partial charge in [-0.2, -0.15) is 5.10 Å². The van der Waals surface area contributed by atoms with E-state index in [1.165, 1.54) is 18.7 Å². The Labute approximate surface area is 224 Å². The minimum atomic E-state index is -0.387. The summed E-state index contributed by atoms with van der Waals surface area (Å²) in [6.07, 6.45) is 0. The lowest BCUT2D eigenvalue weighted by molar-refractivity contribution is -0.131. The number of carbonyl (C=O) groups excluding carboxylic acids is 2. The van der Waals surface area contributed by atoms with Gasteiger partial charge in [-0.15, -0.1) is 10.2 Å². The van der Waals surface area contributed by atoms with E-state index in [-0.39, 0.29) is 17.6 Å². The zero-order valence-electron chi connectivity index (χ0n) is 21.5. The molecule has 194 valence electrons. The van der Waals surface area contributed by atoms with Crippen molar-refractivity contribution in [1.29, 1.82) is 0 Å². The summed E-state index contributed by atoms with van der Waals surface area (Å²) >= 11 is 1.27. The van der Waals surface area contributed by atoms with E-state index in [9.17, 15) is 9.59 Å². The third kappa shape index (κ3) is 6.65. The highest BCUT2D eigenvalue weighted by atomic mass is 32.2. The summed E-state index contributed by atoms with van der Waals surface area (Å²) in [5, 5.41) is 13.6. The predicted molar refractivity (Wildman–Crippen MR) is 147 cm³/mol. The first-order valence-electron chi connectivity index (χ1n) is 11.8. The number of methoxy groups -OCH3 is 1. The third-order valence-corrected chi connectivity index (χ3v) is 6.42. The molecule has 1 heterocycles. The molecule has 4 aromatic rings. The largest absolute Gasteiger partial charge is 0.497 e.